The SMILES string of the molecule is CCCCOC(=O)CCSC(CC(C)(CC(C)(C)c1ccccc1)C(=O)OCCCCC(O)CO)c1ccccc1. The zero-order chi connectivity index (χ0) is 30.1. The highest BCUT2D eigenvalue weighted by molar-refractivity contribution is 7.99. The number of carbonyl (C=O) groups is 2. The number of thioether (sulfide) groups is 1. The van der Waals surface area contributed by atoms with Crippen molar-refractivity contribution in [2.24, 2.45) is 5.41 Å². The minimum Gasteiger partial charge on any atom is -0.466 e. The quantitative estimate of drug-likeness (QED) is 0.127. The minimum atomic E-state index is -0.793. The van der Waals surface area contributed by atoms with Crippen LogP contribution in [0.5, 0.6) is 0 Å². The Bertz CT molecular complexity index is 1010. The average molecular weight is 587 g/mol. The molecule has 0 fully saturated rings. The molecule has 0 aromatic heterocycles. The monoisotopic (exact) mass is 586 g/mol. The van der Waals surface area contributed by atoms with Gasteiger partial charge in [0.1, 0.15) is 0 Å². The Morgan fingerprint density at radius 2 is 1.54 bits per heavy atom. The van der Waals surface area contributed by atoms with E-state index < -0.39 is 11.5 Å². The number of hydrogen-bond donors (Lipinski definition) is 2. The van der Waals surface area contributed by atoms with Crippen molar-refractivity contribution in [3.63, 3.8) is 0 Å². The number of aliphatic hydroxyl groups excluding tert-OH is 2. The van der Waals surface area contributed by atoms with Gasteiger partial charge in [-0.25, -0.2) is 0 Å². The van der Waals surface area contributed by atoms with E-state index in [0.717, 1.165) is 24.0 Å². The fraction of sp³-hybridized carbons (Fsp3) is 0.588. The number of esters is 2. The molecule has 2 N–H and O–H groups in total. The van der Waals surface area contributed by atoms with Crippen LogP contribution in [-0.2, 0) is 24.5 Å². The lowest BCUT2D eigenvalue weighted by Crippen LogP contribution is -2.38. The first-order chi connectivity index (χ1) is 19.6. The maximum atomic E-state index is 13.8. The summed E-state index contributed by atoms with van der Waals surface area (Å²) >= 11 is 1.69. The zero-order valence-corrected chi connectivity index (χ0v) is 26.2. The van der Waals surface area contributed by atoms with Crippen molar-refractivity contribution in [2.45, 2.75) is 95.8 Å². The topological polar surface area (TPSA) is 93.1 Å². The van der Waals surface area contributed by atoms with Crippen LogP contribution in [0, 0.1) is 5.41 Å². The number of benzene rings is 2. The van der Waals surface area contributed by atoms with Gasteiger partial charge in [0, 0.05) is 11.0 Å². The van der Waals surface area contributed by atoms with Crippen LogP contribution in [0.3, 0.4) is 0 Å². The Morgan fingerprint density at radius 1 is 0.902 bits per heavy atom. The third kappa shape index (κ3) is 12.6. The summed E-state index contributed by atoms with van der Waals surface area (Å²) in [6, 6.07) is 20.4. The average Bonchev–Trinajstić information content (AvgIpc) is 2.97. The molecule has 0 aliphatic heterocycles. The second-order valence-electron chi connectivity index (χ2n) is 11.8. The molecule has 0 heterocycles. The van der Waals surface area contributed by atoms with Crippen LogP contribution >= 0.6 is 11.8 Å². The van der Waals surface area contributed by atoms with E-state index in [1.54, 1.807) is 11.8 Å². The van der Waals surface area contributed by atoms with Gasteiger partial charge >= 0.3 is 11.9 Å². The van der Waals surface area contributed by atoms with E-state index in [1.165, 1.54) is 0 Å². The lowest BCUT2D eigenvalue weighted by atomic mass is 9.68. The van der Waals surface area contributed by atoms with E-state index in [9.17, 15) is 14.7 Å². The molecular formula is C34H50O6S. The third-order valence-corrected chi connectivity index (χ3v) is 8.73. The molecule has 0 spiro atoms. The molecule has 0 saturated heterocycles. The highest BCUT2D eigenvalue weighted by Gasteiger charge is 2.42. The highest BCUT2D eigenvalue weighted by atomic mass is 32.2. The fourth-order valence-electron chi connectivity index (χ4n) is 5.14. The van der Waals surface area contributed by atoms with Gasteiger partial charge in [0.15, 0.2) is 0 Å². The molecule has 228 valence electrons. The van der Waals surface area contributed by atoms with Crippen molar-refractivity contribution >= 4 is 23.7 Å². The lowest BCUT2D eigenvalue weighted by Gasteiger charge is -2.38. The molecule has 2 aromatic rings. The molecule has 7 heteroatoms. The maximum absolute atomic E-state index is 13.8. The molecule has 2 rings (SSSR count). The third-order valence-electron chi connectivity index (χ3n) is 7.45. The summed E-state index contributed by atoms with van der Waals surface area (Å²) in [5, 5.41) is 18.6. The second-order valence-corrected chi connectivity index (χ2v) is 13.1. The molecule has 0 bridgehead atoms. The molecule has 0 saturated carbocycles. The Morgan fingerprint density at radius 3 is 2.17 bits per heavy atom. The number of ether oxygens (including phenoxy) is 2. The van der Waals surface area contributed by atoms with Crippen LogP contribution in [0.15, 0.2) is 60.7 Å². The molecular weight excluding hydrogens is 536 g/mol. The first-order valence-corrected chi connectivity index (χ1v) is 16.0. The summed E-state index contributed by atoms with van der Waals surface area (Å²) < 4.78 is 11.2. The van der Waals surface area contributed by atoms with Crippen LogP contribution in [-0.4, -0.2) is 53.8 Å². The van der Waals surface area contributed by atoms with Crippen molar-refractivity contribution in [3.05, 3.63) is 71.8 Å². The predicted molar refractivity (Wildman–Crippen MR) is 167 cm³/mol. The summed E-state index contributed by atoms with van der Waals surface area (Å²) in [6.07, 6.45) is 4.35. The van der Waals surface area contributed by atoms with E-state index in [4.69, 9.17) is 14.6 Å². The summed E-state index contributed by atoms with van der Waals surface area (Å²) in [6.45, 7) is 8.87. The standard InChI is InChI=1S/C34H50O6S/c1-5-6-21-39-31(37)20-23-41-30(27-15-9-7-10-16-27)24-34(4,26-33(2,3)28-17-11-8-12-18-28)32(38)40-22-14-13-19-29(36)25-35/h7-12,15-18,29-30,35-36H,5-6,13-14,19-26H2,1-4H3. The molecule has 2 aromatic carbocycles. The Kier molecular flexibility index (Phi) is 15.5. The second kappa shape index (κ2) is 18.2. The largest absolute Gasteiger partial charge is 0.466 e. The van der Waals surface area contributed by atoms with Crippen molar-refractivity contribution in [1.29, 1.82) is 0 Å². The molecule has 3 unspecified atom stereocenters. The molecule has 0 amide bonds. The number of rotatable bonds is 20. The van der Waals surface area contributed by atoms with Crippen molar-refractivity contribution in [3.8, 4) is 0 Å². The Balaban J connectivity index is 2.22. The van der Waals surface area contributed by atoms with Crippen molar-refractivity contribution in [1.82, 2.24) is 0 Å². The summed E-state index contributed by atoms with van der Waals surface area (Å²) in [7, 11) is 0. The minimum absolute atomic E-state index is 0.0107. The smallest absolute Gasteiger partial charge is 0.311 e. The molecule has 41 heavy (non-hydrogen) atoms. The Labute approximate surface area is 251 Å². The fourth-order valence-corrected chi connectivity index (χ4v) is 6.55. The zero-order valence-electron chi connectivity index (χ0n) is 25.3. The van der Waals surface area contributed by atoms with Crippen LogP contribution in [0.1, 0.15) is 95.4 Å². The first-order valence-electron chi connectivity index (χ1n) is 14.9. The van der Waals surface area contributed by atoms with Gasteiger partial charge in [0.25, 0.3) is 0 Å². The molecule has 3 atom stereocenters. The predicted octanol–water partition coefficient (Wildman–Crippen LogP) is 7.03. The van der Waals surface area contributed by atoms with E-state index in [0.29, 0.717) is 50.9 Å². The normalized spacial score (nSPS) is 14.6. The summed E-state index contributed by atoms with van der Waals surface area (Å²) in [5.41, 5.74) is 1.20. The maximum Gasteiger partial charge on any atom is 0.311 e. The van der Waals surface area contributed by atoms with Crippen molar-refractivity contribution in [2.75, 3.05) is 25.6 Å². The van der Waals surface area contributed by atoms with Crippen LogP contribution in [0.2, 0.25) is 0 Å². The number of aliphatic hydroxyl groups is 2. The van der Waals surface area contributed by atoms with Crippen LogP contribution in [0.4, 0.5) is 0 Å². The van der Waals surface area contributed by atoms with Crippen LogP contribution < -0.4 is 0 Å². The molecule has 0 aliphatic carbocycles. The van der Waals surface area contributed by atoms with Gasteiger partial charge in [-0.1, -0.05) is 87.9 Å². The van der Waals surface area contributed by atoms with Gasteiger partial charge in [0.2, 0.25) is 0 Å². The van der Waals surface area contributed by atoms with Crippen LogP contribution in [0.25, 0.3) is 0 Å². The van der Waals surface area contributed by atoms with Gasteiger partial charge in [0.05, 0.1) is 37.8 Å². The van der Waals surface area contributed by atoms with E-state index in [1.807, 2.05) is 43.3 Å². The first kappa shape index (κ1) is 34.8. The van der Waals surface area contributed by atoms with E-state index in [-0.39, 0.29) is 35.8 Å². The van der Waals surface area contributed by atoms with Crippen molar-refractivity contribution < 1.29 is 29.3 Å². The molecule has 6 nitrogen and oxygen atoms in total. The summed E-state index contributed by atoms with van der Waals surface area (Å²) in [5.74, 6) is 0.187. The van der Waals surface area contributed by atoms with Gasteiger partial charge in [-0.2, -0.15) is 11.8 Å². The van der Waals surface area contributed by atoms with Gasteiger partial charge in [-0.05, 0) is 62.0 Å². The molecule has 0 aliphatic rings. The number of unbranched alkanes of at least 4 members (excludes halogenated alkanes) is 2. The van der Waals surface area contributed by atoms with E-state index in [2.05, 4.69) is 45.0 Å². The van der Waals surface area contributed by atoms with E-state index >= 15 is 0 Å². The number of hydrogen-bond acceptors (Lipinski definition) is 7. The Hall–Kier alpha value is -2.35. The number of carbonyl (C=O) groups excluding carboxylic acids is 2. The highest BCUT2D eigenvalue weighted by Crippen LogP contribution is 2.47. The summed E-state index contributed by atoms with van der Waals surface area (Å²) in [4.78, 5) is 26.1. The van der Waals surface area contributed by atoms with Gasteiger partial charge in [-0.15, -0.1) is 0 Å². The van der Waals surface area contributed by atoms with Gasteiger partial charge in [-0.3, -0.25) is 9.59 Å². The van der Waals surface area contributed by atoms with Gasteiger partial charge < -0.3 is 19.7 Å². The molecule has 0 radical (unpaired) electrons. The lowest BCUT2D eigenvalue weighted by molar-refractivity contribution is -0.157.